The lowest BCUT2D eigenvalue weighted by Crippen LogP contribution is -1.91. The lowest BCUT2D eigenvalue weighted by molar-refractivity contribution is 0.281. The van der Waals surface area contributed by atoms with E-state index in [1.807, 2.05) is 13.0 Å². The fourth-order valence-electron chi connectivity index (χ4n) is 1.62. The third-order valence-corrected chi connectivity index (χ3v) is 3.34. The van der Waals surface area contributed by atoms with Crippen LogP contribution in [0.5, 0.6) is 11.5 Å². The lowest BCUT2D eigenvalue weighted by atomic mass is 10.1. The number of benzene rings is 2. The number of aryl methyl sites for hydroxylation is 1. The molecule has 0 radical (unpaired) electrons. The molecule has 0 aromatic heterocycles. The Morgan fingerprint density at radius 3 is 2.63 bits per heavy atom. The van der Waals surface area contributed by atoms with Gasteiger partial charge in [-0.05, 0) is 58.2 Å². The molecule has 2 aromatic carbocycles. The number of nitrogens with zero attached hydrogens (tertiary/aromatic N) is 1. The Bertz CT molecular complexity index is 647. The Balaban J connectivity index is 2.33. The summed E-state index contributed by atoms with van der Waals surface area (Å²) in [6, 6.07) is 12.8. The number of aliphatic hydroxyl groups is 1. The molecule has 0 spiro atoms. The molecule has 0 unspecified atom stereocenters. The molecule has 1 N–H and O–H groups in total. The van der Waals surface area contributed by atoms with Gasteiger partial charge in [-0.3, -0.25) is 0 Å². The molecule has 0 aliphatic rings. The van der Waals surface area contributed by atoms with Crippen molar-refractivity contribution >= 4 is 15.9 Å². The van der Waals surface area contributed by atoms with E-state index >= 15 is 0 Å². The average molecular weight is 318 g/mol. The zero-order valence-corrected chi connectivity index (χ0v) is 11.9. The maximum Gasteiger partial charge on any atom is 0.141 e. The molecule has 0 amide bonds. The van der Waals surface area contributed by atoms with E-state index in [-0.39, 0.29) is 6.61 Å². The van der Waals surface area contributed by atoms with Crippen molar-refractivity contribution in [2.75, 3.05) is 0 Å². The Hall–Kier alpha value is -1.83. The van der Waals surface area contributed by atoms with E-state index in [1.54, 1.807) is 30.3 Å². The second-order valence-electron chi connectivity index (χ2n) is 4.12. The van der Waals surface area contributed by atoms with E-state index in [9.17, 15) is 0 Å². The monoisotopic (exact) mass is 317 g/mol. The Labute approximate surface area is 120 Å². The van der Waals surface area contributed by atoms with E-state index in [4.69, 9.17) is 15.1 Å². The summed E-state index contributed by atoms with van der Waals surface area (Å²) in [4.78, 5) is 0. The van der Waals surface area contributed by atoms with Gasteiger partial charge in [0, 0.05) is 0 Å². The molecule has 0 saturated heterocycles. The first-order chi connectivity index (χ1) is 9.13. The van der Waals surface area contributed by atoms with Gasteiger partial charge in [-0.15, -0.1) is 0 Å². The van der Waals surface area contributed by atoms with Gasteiger partial charge in [0.05, 0.1) is 22.7 Å². The molecule has 0 saturated carbocycles. The first-order valence-electron chi connectivity index (χ1n) is 5.72. The normalized spacial score (nSPS) is 10.0. The van der Waals surface area contributed by atoms with Crippen LogP contribution in [0.15, 0.2) is 40.9 Å². The van der Waals surface area contributed by atoms with Crippen LogP contribution in [0.25, 0.3) is 0 Å². The van der Waals surface area contributed by atoms with Gasteiger partial charge in [-0.25, -0.2) is 0 Å². The molecule has 96 valence electrons. The molecule has 0 atom stereocenters. The van der Waals surface area contributed by atoms with Crippen molar-refractivity contribution < 1.29 is 9.84 Å². The summed E-state index contributed by atoms with van der Waals surface area (Å²) in [7, 11) is 0. The summed E-state index contributed by atoms with van der Waals surface area (Å²) < 4.78 is 6.57. The third kappa shape index (κ3) is 3.14. The van der Waals surface area contributed by atoms with Crippen molar-refractivity contribution in [3.8, 4) is 17.6 Å². The first kappa shape index (κ1) is 13.6. The molecular weight excluding hydrogens is 306 g/mol. The molecule has 2 aromatic rings. The SMILES string of the molecule is Cc1ccc(C#N)cc1Oc1ccc(CO)cc1Br. The highest BCUT2D eigenvalue weighted by Gasteiger charge is 2.07. The van der Waals surface area contributed by atoms with Crippen LogP contribution in [-0.2, 0) is 6.61 Å². The first-order valence-corrected chi connectivity index (χ1v) is 6.51. The summed E-state index contributed by atoms with van der Waals surface area (Å²) in [5.41, 5.74) is 2.32. The number of halogens is 1. The second-order valence-corrected chi connectivity index (χ2v) is 4.97. The molecule has 2 rings (SSSR count). The topological polar surface area (TPSA) is 53.2 Å². The van der Waals surface area contributed by atoms with Crippen molar-refractivity contribution in [1.29, 1.82) is 5.26 Å². The largest absolute Gasteiger partial charge is 0.456 e. The molecular formula is C15H12BrNO2. The van der Waals surface area contributed by atoms with Gasteiger partial charge in [0.1, 0.15) is 11.5 Å². The van der Waals surface area contributed by atoms with Crippen molar-refractivity contribution in [3.05, 3.63) is 57.6 Å². The number of ether oxygens (including phenoxy) is 1. The molecule has 4 heteroatoms. The Morgan fingerprint density at radius 1 is 1.21 bits per heavy atom. The predicted molar refractivity (Wildman–Crippen MR) is 76.0 cm³/mol. The highest BCUT2D eigenvalue weighted by Crippen LogP contribution is 2.32. The maximum atomic E-state index is 9.06. The van der Waals surface area contributed by atoms with Crippen LogP contribution in [0.2, 0.25) is 0 Å². The summed E-state index contributed by atoms with van der Waals surface area (Å²) in [5.74, 6) is 1.30. The van der Waals surface area contributed by atoms with Gasteiger partial charge in [0.2, 0.25) is 0 Å². The van der Waals surface area contributed by atoms with Crippen molar-refractivity contribution in [2.45, 2.75) is 13.5 Å². The second kappa shape index (κ2) is 5.87. The fourth-order valence-corrected chi connectivity index (χ4v) is 2.13. The molecule has 0 aliphatic heterocycles. The highest BCUT2D eigenvalue weighted by atomic mass is 79.9. The number of nitriles is 1. The van der Waals surface area contributed by atoms with Crippen LogP contribution >= 0.6 is 15.9 Å². The minimum absolute atomic E-state index is 0.0121. The quantitative estimate of drug-likeness (QED) is 0.933. The summed E-state index contributed by atoms with van der Waals surface area (Å²) in [6.07, 6.45) is 0. The fraction of sp³-hybridized carbons (Fsp3) is 0.133. The smallest absolute Gasteiger partial charge is 0.141 e. The summed E-state index contributed by atoms with van der Waals surface area (Å²) >= 11 is 3.40. The zero-order valence-electron chi connectivity index (χ0n) is 10.4. The van der Waals surface area contributed by atoms with Gasteiger partial charge in [-0.2, -0.15) is 5.26 Å². The van der Waals surface area contributed by atoms with Gasteiger partial charge in [-0.1, -0.05) is 12.1 Å². The standard InChI is InChI=1S/C15H12BrNO2/c1-10-2-3-11(8-17)7-15(10)19-14-5-4-12(9-18)6-13(14)16/h2-7,18H,9H2,1H3. The predicted octanol–water partition coefficient (Wildman–Crippen LogP) is 3.91. The number of rotatable bonds is 3. The minimum Gasteiger partial charge on any atom is -0.456 e. The van der Waals surface area contributed by atoms with Crippen LogP contribution in [0.3, 0.4) is 0 Å². The van der Waals surface area contributed by atoms with Crippen molar-refractivity contribution in [2.24, 2.45) is 0 Å². The van der Waals surface area contributed by atoms with Crippen LogP contribution in [0.1, 0.15) is 16.7 Å². The third-order valence-electron chi connectivity index (χ3n) is 2.72. The molecule has 0 aliphatic carbocycles. The molecule has 0 bridgehead atoms. The highest BCUT2D eigenvalue weighted by molar-refractivity contribution is 9.10. The molecule has 0 heterocycles. The van der Waals surface area contributed by atoms with E-state index < -0.39 is 0 Å². The van der Waals surface area contributed by atoms with Crippen molar-refractivity contribution in [1.82, 2.24) is 0 Å². The molecule has 0 fully saturated rings. The maximum absolute atomic E-state index is 9.06. The van der Waals surface area contributed by atoms with Gasteiger partial charge >= 0.3 is 0 Å². The molecule has 19 heavy (non-hydrogen) atoms. The number of hydrogen-bond acceptors (Lipinski definition) is 3. The van der Waals surface area contributed by atoms with E-state index in [0.29, 0.717) is 17.1 Å². The zero-order chi connectivity index (χ0) is 13.8. The summed E-state index contributed by atoms with van der Waals surface area (Å²) in [5, 5.41) is 18.0. The number of hydrogen-bond donors (Lipinski definition) is 1. The van der Waals surface area contributed by atoms with Gasteiger partial charge in [0.25, 0.3) is 0 Å². The van der Waals surface area contributed by atoms with Crippen LogP contribution in [0.4, 0.5) is 0 Å². The Kier molecular flexibility index (Phi) is 4.20. The van der Waals surface area contributed by atoms with Crippen LogP contribution in [-0.4, -0.2) is 5.11 Å². The molecule has 3 nitrogen and oxygen atoms in total. The van der Waals surface area contributed by atoms with Crippen LogP contribution in [0, 0.1) is 18.3 Å². The lowest BCUT2D eigenvalue weighted by Gasteiger charge is -2.11. The average Bonchev–Trinajstić information content (AvgIpc) is 2.43. The Morgan fingerprint density at radius 2 is 2.00 bits per heavy atom. The number of aliphatic hydroxyl groups excluding tert-OH is 1. The van der Waals surface area contributed by atoms with Gasteiger partial charge in [0.15, 0.2) is 0 Å². The van der Waals surface area contributed by atoms with E-state index in [2.05, 4.69) is 22.0 Å². The van der Waals surface area contributed by atoms with Gasteiger partial charge < -0.3 is 9.84 Å². The minimum atomic E-state index is -0.0121. The van der Waals surface area contributed by atoms with E-state index in [0.717, 1.165) is 15.6 Å². The van der Waals surface area contributed by atoms with Crippen LogP contribution < -0.4 is 4.74 Å². The van der Waals surface area contributed by atoms with E-state index in [1.165, 1.54) is 0 Å². The van der Waals surface area contributed by atoms with Crippen molar-refractivity contribution in [3.63, 3.8) is 0 Å². The summed E-state index contributed by atoms with van der Waals surface area (Å²) in [6.45, 7) is 1.91.